The summed E-state index contributed by atoms with van der Waals surface area (Å²) in [5, 5.41) is 3.48. The Labute approximate surface area is 120 Å². The van der Waals surface area contributed by atoms with Gasteiger partial charge < -0.3 is 10.2 Å². The van der Waals surface area contributed by atoms with Gasteiger partial charge in [-0.25, -0.2) is 4.39 Å². The van der Waals surface area contributed by atoms with Crippen molar-refractivity contribution in [2.75, 3.05) is 13.1 Å². The zero-order valence-electron chi connectivity index (χ0n) is 12.6. The van der Waals surface area contributed by atoms with E-state index in [9.17, 15) is 9.18 Å². The minimum Gasteiger partial charge on any atom is -0.332 e. The van der Waals surface area contributed by atoms with Gasteiger partial charge in [0.15, 0.2) is 0 Å². The zero-order valence-corrected chi connectivity index (χ0v) is 12.6. The lowest BCUT2D eigenvalue weighted by atomic mass is 9.92. The third-order valence-corrected chi connectivity index (χ3v) is 3.88. The second-order valence-electron chi connectivity index (χ2n) is 6.52. The van der Waals surface area contributed by atoms with E-state index in [2.05, 4.69) is 33.0 Å². The highest BCUT2D eigenvalue weighted by Gasteiger charge is 2.36. The van der Waals surface area contributed by atoms with Crippen LogP contribution in [0.3, 0.4) is 0 Å². The minimum atomic E-state index is -0.317. The first kappa shape index (κ1) is 15.0. The molecule has 1 aromatic rings. The number of carbonyl (C=O) groups excluding carboxylic acids is 1. The predicted molar refractivity (Wildman–Crippen MR) is 78.1 cm³/mol. The van der Waals surface area contributed by atoms with Crippen LogP contribution in [0.25, 0.3) is 0 Å². The summed E-state index contributed by atoms with van der Waals surface area (Å²) in [5.74, 6) is 0.0453. The molecular formula is C16H23FN2O. The van der Waals surface area contributed by atoms with Gasteiger partial charge in [-0.05, 0) is 44.0 Å². The molecule has 1 N–H and O–H groups in total. The van der Waals surface area contributed by atoms with Gasteiger partial charge in [-0.3, -0.25) is 4.79 Å². The average molecular weight is 278 g/mol. The third-order valence-electron chi connectivity index (χ3n) is 3.88. The summed E-state index contributed by atoms with van der Waals surface area (Å²) in [6.07, 6.45) is 0. The van der Waals surface area contributed by atoms with Crippen LogP contribution in [-0.4, -0.2) is 35.5 Å². The molecule has 0 bridgehead atoms. The Morgan fingerprint density at radius 3 is 2.50 bits per heavy atom. The van der Waals surface area contributed by atoms with E-state index in [1.807, 2.05) is 4.90 Å². The lowest BCUT2D eigenvalue weighted by Crippen LogP contribution is -2.64. The van der Waals surface area contributed by atoms with Crippen LogP contribution < -0.4 is 5.32 Å². The van der Waals surface area contributed by atoms with Crippen molar-refractivity contribution in [3.05, 3.63) is 35.6 Å². The Balaban J connectivity index is 2.25. The van der Waals surface area contributed by atoms with E-state index in [0.29, 0.717) is 18.0 Å². The number of halogens is 1. The van der Waals surface area contributed by atoms with E-state index in [1.54, 1.807) is 12.1 Å². The number of amides is 1. The number of nitrogens with zero attached hydrogens (tertiary/aromatic N) is 1. The molecule has 20 heavy (non-hydrogen) atoms. The molecule has 4 heteroatoms. The molecule has 0 radical (unpaired) electrons. The van der Waals surface area contributed by atoms with Crippen LogP contribution in [0.2, 0.25) is 0 Å². The number of rotatable bonds is 2. The summed E-state index contributed by atoms with van der Waals surface area (Å²) < 4.78 is 13.0. The third kappa shape index (κ3) is 3.18. The van der Waals surface area contributed by atoms with Crippen molar-refractivity contribution in [2.45, 2.75) is 39.3 Å². The molecule has 3 nitrogen and oxygen atoms in total. The maximum Gasteiger partial charge on any atom is 0.254 e. The molecule has 1 atom stereocenters. The van der Waals surface area contributed by atoms with Crippen LogP contribution in [0.5, 0.6) is 0 Å². The standard InChI is InChI=1S/C16H23FN2O/c1-11(2)14-9-18-16(3,4)10-19(14)15(20)12-5-7-13(17)8-6-12/h5-8,11,14,18H,9-10H2,1-4H3. The van der Waals surface area contributed by atoms with Gasteiger partial charge in [0.25, 0.3) is 5.91 Å². The molecular weight excluding hydrogens is 255 g/mol. The van der Waals surface area contributed by atoms with E-state index in [1.165, 1.54) is 12.1 Å². The van der Waals surface area contributed by atoms with Gasteiger partial charge in [-0.1, -0.05) is 13.8 Å². The van der Waals surface area contributed by atoms with Gasteiger partial charge in [0, 0.05) is 30.2 Å². The van der Waals surface area contributed by atoms with Crippen molar-refractivity contribution in [1.82, 2.24) is 10.2 Å². The smallest absolute Gasteiger partial charge is 0.254 e. The Bertz CT molecular complexity index is 482. The molecule has 1 fully saturated rings. The number of hydrogen-bond acceptors (Lipinski definition) is 2. The minimum absolute atomic E-state index is 0.0155. The van der Waals surface area contributed by atoms with Crippen LogP contribution >= 0.6 is 0 Å². The maximum absolute atomic E-state index is 13.0. The van der Waals surface area contributed by atoms with Gasteiger partial charge in [0.1, 0.15) is 5.82 Å². The lowest BCUT2D eigenvalue weighted by Gasteiger charge is -2.46. The molecule has 0 saturated carbocycles. The molecule has 0 spiro atoms. The Hall–Kier alpha value is -1.42. The number of benzene rings is 1. The van der Waals surface area contributed by atoms with Gasteiger partial charge in [0.2, 0.25) is 0 Å². The molecule has 110 valence electrons. The van der Waals surface area contributed by atoms with Crippen molar-refractivity contribution in [3.63, 3.8) is 0 Å². The normalized spacial score (nSPS) is 22.1. The van der Waals surface area contributed by atoms with E-state index in [0.717, 1.165) is 6.54 Å². The van der Waals surface area contributed by atoms with Crippen molar-refractivity contribution >= 4 is 5.91 Å². The van der Waals surface area contributed by atoms with E-state index >= 15 is 0 Å². The van der Waals surface area contributed by atoms with Crippen LogP contribution in [0, 0.1) is 11.7 Å². The topological polar surface area (TPSA) is 32.3 Å². The molecule has 1 aliphatic rings. The SMILES string of the molecule is CC(C)C1CNC(C)(C)CN1C(=O)c1ccc(F)cc1. The summed E-state index contributed by atoms with van der Waals surface area (Å²) >= 11 is 0. The molecule has 1 amide bonds. The fraction of sp³-hybridized carbons (Fsp3) is 0.562. The number of hydrogen-bond donors (Lipinski definition) is 1. The van der Waals surface area contributed by atoms with Gasteiger partial charge in [-0.15, -0.1) is 0 Å². The van der Waals surface area contributed by atoms with Crippen LogP contribution in [-0.2, 0) is 0 Å². The first-order chi connectivity index (χ1) is 9.30. The van der Waals surface area contributed by atoms with Gasteiger partial charge in [0.05, 0.1) is 0 Å². The van der Waals surface area contributed by atoms with Crippen molar-refractivity contribution < 1.29 is 9.18 Å². The molecule has 1 saturated heterocycles. The monoisotopic (exact) mass is 278 g/mol. The summed E-state index contributed by atoms with van der Waals surface area (Å²) in [7, 11) is 0. The summed E-state index contributed by atoms with van der Waals surface area (Å²) in [6.45, 7) is 9.87. The highest BCUT2D eigenvalue weighted by Crippen LogP contribution is 2.22. The number of nitrogens with one attached hydrogen (secondary N) is 1. The fourth-order valence-corrected chi connectivity index (χ4v) is 2.67. The molecule has 1 aromatic carbocycles. The second kappa shape index (κ2) is 5.52. The summed E-state index contributed by atoms with van der Waals surface area (Å²) in [5.41, 5.74) is 0.455. The molecule has 1 heterocycles. The van der Waals surface area contributed by atoms with Crippen molar-refractivity contribution in [1.29, 1.82) is 0 Å². The van der Waals surface area contributed by atoms with Crippen LogP contribution in [0.15, 0.2) is 24.3 Å². The first-order valence-electron chi connectivity index (χ1n) is 7.12. The Morgan fingerprint density at radius 2 is 1.95 bits per heavy atom. The van der Waals surface area contributed by atoms with Crippen molar-refractivity contribution in [2.24, 2.45) is 5.92 Å². The Morgan fingerprint density at radius 1 is 1.35 bits per heavy atom. The highest BCUT2D eigenvalue weighted by atomic mass is 19.1. The number of carbonyl (C=O) groups is 1. The first-order valence-corrected chi connectivity index (χ1v) is 7.12. The maximum atomic E-state index is 13.0. The molecule has 2 rings (SSSR count). The quantitative estimate of drug-likeness (QED) is 0.902. The molecule has 0 aromatic heterocycles. The van der Waals surface area contributed by atoms with Gasteiger partial charge >= 0.3 is 0 Å². The molecule has 1 aliphatic heterocycles. The van der Waals surface area contributed by atoms with E-state index < -0.39 is 0 Å². The largest absolute Gasteiger partial charge is 0.332 e. The predicted octanol–water partition coefficient (Wildman–Crippen LogP) is 2.67. The fourth-order valence-electron chi connectivity index (χ4n) is 2.67. The second-order valence-corrected chi connectivity index (χ2v) is 6.52. The Kier molecular flexibility index (Phi) is 4.14. The van der Waals surface area contributed by atoms with Crippen LogP contribution in [0.4, 0.5) is 4.39 Å². The highest BCUT2D eigenvalue weighted by molar-refractivity contribution is 5.94. The lowest BCUT2D eigenvalue weighted by molar-refractivity contribution is 0.0417. The summed E-state index contributed by atoms with van der Waals surface area (Å²) in [6, 6.07) is 5.96. The van der Waals surface area contributed by atoms with Gasteiger partial charge in [-0.2, -0.15) is 0 Å². The summed E-state index contributed by atoms with van der Waals surface area (Å²) in [4.78, 5) is 14.6. The van der Waals surface area contributed by atoms with E-state index in [-0.39, 0.29) is 23.3 Å². The number of piperazine rings is 1. The molecule has 0 aliphatic carbocycles. The average Bonchev–Trinajstić information content (AvgIpc) is 2.37. The van der Waals surface area contributed by atoms with Crippen LogP contribution in [0.1, 0.15) is 38.1 Å². The van der Waals surface area contributed by atoms with E-state index in [4.69, 9.17) is 0 Å². The van der Waals surface area contributed by atoms with Crippen molar-refractivity contribution in [3.8, 4) is 0 Å². The molecule has 1 unspecified atom stereocenters. The zero-order chi connectivity index (χ0) is 14.9.